The molecule has 0 unspecified atom stereocenters. The van der Waals surface area contributed by atoms with E-state index in [0.717, 1.165) is 0 Å². The van der Waals surface area contributed by atoms with Crippen molar-refractivity contribution in [3.8, 4) is 0 Å². The van der Waals surface area contributed by atoms with Crippen LogP contribution in [0.25, 0.3) is 0 Å². The summed E-state index contributed by atoms with van der Waals surface area (Å²) in [5, 5.41) is 2.84. The second-order valence-electron chi connectivity index (χ2n) is 5.47. The topological polar surface area (TPSA) is 63.2 Å². The number of nitrogens with one attached hydrogen (secondary N) is 1. The number of hydrogen-bond donors (Lipinski definition) is 1. The minimum absolute atomic E-state index is 0.0519. The molecule has 0 aromatic heterocycles. The average molecular weight is 269 g/mol. The van der Waals surface area contributed by atoms with Gasteiger partial charge in [-0.3, -0.25) is 4.79 Å². The van der Waals surface area contributed by atoms with Gasteiger partial charge in [-0.05, 0) is 38.5 Å². The molecule has 100 valence electrons. The van der Waals surface area contributed by atoms with E-state index in [1.807, 2.05) is 20.8 Å². The van der Waals surface area contributed by atoms with Gasteiger partial charge in [0, 0.05) is 17.4 Å². The SMILES string of the molecule is CC(C)(C)NC(=O)c1cccc(CS(C)(=O)=O)c1. The molecule has 0 heterocycles. The van der Waals surface area contributed by atoms with Crippen LogP contribution in [0.5, 0.6) is 0 Å². The first-order chi connectivity index (χ1) is 8.07. The number of amides is 1. The van der Waals surface area contributed by atoms with Crippen molar-refractivity contribution >= 4 is 15.7 Å². The van der Waals surface area contributed by atoms with Crippen LogP contribution in [0.3, 0.4) is 0 Å². The van der Waals surface area contributed by atoms with Gasteiger partial charge >= 0.3 is 0 Å². The fraction of sp³-hybridized carbons (Fsp3) is 0.462. The minimum Gasteiger partial charge on any atom is -0.347 e. The molecule has 0 saturated heterocycles. The van der Waals surface area contributed by atoms with Crippen molar-refractivity contribution < 1.29 is 13.2 Å². The zero-order valence-corrected chi connectivity index (χ0v) is 12.0. The van der Waals surface area contributed by atoms with Crippen molar-refractivity contribution in [3.63, 3.8) is 0 Å². The Morgan fingerprint density at radius 2 is 1.89 bits per heavy atom. The molecule has 0 aliphatic rings. The molecular formula is C13H19NO3S. The summed E-state index contributed by atoms with van der Waals surface area (Å²) in [4.78, 5) is 11.9. The second kappa shape index (κ2) is 5.10. The highest BCUT2D eigenvalue weighted by atomic mass is 32.2. The molecule has 0 spiro atoms. The molecular weight excluding hydrogens is 250 g/mol. The molecule has 0 saturated carbocycles. The molecule has 1 aromatic carbocycles. The Labute approximate surface area is 108 Å². The van der Waals surface area contributed by atoms with Gasteiger partial charge in [0.1, 0.15) is 0 Å². The van der Waals surface area contributed by atoms with Crippen LogP contribution in [0.4, 0.5) is 0 Å². The molecule has 1 aromatic rings. The summed E-state index contributed by atoms with van der Waals surface area (Å²) in [5.41, 5.74) is 0.786. The van der Waals surface area contributed by atoms with Crippen LogP contribution in [0, 0.1) is 0 Å². The molecule has 0 radical (unpaired) electrons. The third-order valence-electron chi connectivity index (χ3n) is 2.11. The Bertz CT molecular complexity index is 542. The third-order valence-corrected chi connectivity index (χ3v) is 2.96. The smallest absolute Gasteiger partial charge is 0.251 e. The van der Waals surface area contributed by atoms with Crippen molar-refractivity contribution in [2.45, 2.75) is 32.1 Å². The van der Waals surface area contributed by atoms with Crippen molar-refractivity contribution in [2.75, 3.05) is 6.26 Å². The number of sulfone groups is 1. The lowest BCUT2D eigenvalue weighted by Gasteiger charge is -2.20. The van der Waals surface area contributed by atoms with Gasteiger partial charge in [-0.2, -0.15) is 0 Å². The van der Waals surface area contributed by atoms with Crippen LogP contribution in [0.15, 0.2) is 24.3 Å². The lowest BCUT2D eigenvalue weighted by molar-refractivity contribution is 0.0919. The van der Waals surface area contributed by atoms with Crippen LogP contribution in [-0.4, -0.2) is 26.1 Å². The number of hydrogen-bond acceptors (Lipinski definition) is 3. The van der Waals surface area contributed by atoms with Gasteiger partial charge in [-0.15, -0.1) is 0 Å². The quantitative estimate of drug-likeness (QED) is 0.909. The van der Waals surface area contributed by atoms with Gasteiger partial charge in [0.2, 0.25) is 0 Å². The molecule has 0 bridgehead atoms. The van der Waals surface area contributed by atoms with Crippen molar-refractivity contribution in [3.05, 3.63) is 35.4 Å². The normalized spacial score (nSPS) is 12.2. The molecule has 0 aliphatic carbocycles. The number of rotatable bonds is 3. The van der Waals surface area contributed by atoms with Crippen LogP contribution < -0.4 is 5.32 Å². The summed E-state index contributed by atoms with van der Waals surface area (Å²) >= 11 is 0. The highest BCUT2D eigenvalue weighted by Crippen LogP contribution is 2.10. The summed E-state index contributed by atoms with van der Waals surface area (Å²) in [6, 6.07) is 6.68. The van der Waals surface area contributed by atoms with Crippen LogP contribution in [0.2, 0.25) is 0 Å². The predicted octanol–water partition coefficient (Wildman–Crippen LogP) is 1.76. The summed E-state index contributed by atoms with van der Waals surface area (Å²) in [6.07, 6.45) is 1.18. The molecule has 1 amide bonds. The van der Waals surface area contributed by atoms with Gasteiger partial charge in [-0.25, -0.2) is 8.42 Å². The van der Waals surface area contributed by atoms with E-state index in [1.54, 1.807) is 24.3 Å². The van der Waals surface area contributed by atoms with Crippen molar-refractivity contribution in [1.29, 1.82) is 0 Å². The summed E-state index contributed by atoms with van der Waals surface area (Å²) < 4.78 is 22.4. The predicted molar refractivity (Wildman–Crippen MR) is 72.2 cm³/mol. The number of carbonyl (C=O) groups excluding carboxylic acids is 1. The second-order valence-corrected chi connectivity index (χ2v) is 7.61. The van der Waals surface area contributed by atoms with E-state index in [1.165, 1.54) is 6.26 Å². The van der Waals surface area contributed by atoms with E-state index < -0.39 is 9.84 Å². The molecule has 1 N–H and O–H groups in total. The fourth-order valence-electron chi connectivity index (χ4n) is 1.52. The summed E-state index contributed by atoms with van der Waals surface area (Å²) in [7, 11) is -3.09. The lowest BCUT2D eigenvalue weighted by Crippen LogP contribution is -2.40. The Morgan fingerprint density at radius 3 is 2.39 bits per heavy atom. The summed E-state index contributed by atoms with van der Waals surface area (Å²) in [6.45, 7) is 5.68. The van der Waals surface area contributed by atoms with E-state index in [2.05, 4.69) is 5.32 Å². The van der Waals surface area contributed by atoms with E-state index >= 15 is 0 Å². The monoisotopic (exact) mass is 269 g/mol. The van der Waals surface area contributed by atoms with E-state index in [9.17, 15) is 13.2 Å². The Balaban J connectivity index is 2.92. The zero-order chi connectivity index (χ0) is 14.0. The molecule has 5 heteroatoms. The van der Waals surface area contributed by atoms with Crippen LogP contribution in [0.1, 0.15) is 36.7 Å². The standard InChI is InChI=1S/C13H19NO3S/c1-13(2,3)14-12(15)11-7-5-6-10(8-11)9-18(4,16)17/h5-8H,9H2,1-4H3,(H,14,15). The van der Waals surface area contributed by atoms with Gasteiger partial charge < -0.3 is 5.32 Å². The number of carbonyl (C=O) groups is 1. The highest BCUT2D eigenvalue weighted by molar-refractivity contribution is 7.89. The first-order valence-electron chi connectivity index (χ1n) is 5.66. The van der Waals surface area contributed by atoms with Gasteiger partial charge in [0.05, 0.1) is 5.75 Å². The van der Waals surface area contributed by atoms with Gasteiger partial charge in [0.15, 0.2) is 9.84 Å². The Kier molecular flexibility index (Phi) is 4.16. The van der Waals surface area contributed by atoms with Gasteiger partial charge in [-0.1, -0.05) is 12.1 Å². The maximum Gasteiger partial charge on any atom is 0.251 e. The van der Waals surface area contributed by atoms with Gasteiger partial charge in [0.25, 0.3) is 5.91 Å². The zero-order valence-electron chi connectivity index (χ0n) is 11.1. The minimum atomic E-state index is -3.09. The van der Waals surface area contributed by atoms with E-state index in [-0.39, 0.29) is 17.2 Å². The Hall–Kier alpha value is -1.36. The van der Waals surface area contributed by atoms with E-state index in [4.69, 9.17) is 0 Å². The molecule has 0 atom stereocenters. The van der Waals surface area contributed by atoms with Crippen LogP contribution in [-0.2, 0) is 15.6 Å². The first-order valence-corrected chi connectivity index (χ1v) is 7.72. The third kappa shape index (κ3) is 5.31. The Morgan fingerprint density at radius 1 is 1.28 bits per heavy atom. The molecule has 0 fully saturated rings. The van der Waals surface area contributed by atoms with Crippen LogP contribution >= 0.6 is 0 Å². The maximum atomic E-state index is 11.9. The average Bonchev–Trinajstić information content (AvgIpc) is 2.12. The van der Waals surface area contributed by atoms with E-state index in [0.29, 0.717) is 11.1 Å². The number of benzene rings is 1. The van der Waals surface area contributed by atoms with Crippen molar-refractivity contribution in [2.24, 2.45) is 0 Å². The maximum absolute atomic E-state index is 11.9. The molecule has 1 rings (SSSR count). The largest absolute Gasteiger partial charge is 0.347 e. The summed E-state index contributed by atoms with van der Waals surface area (Å²) in [5.74, 6) is -0.248. The van der Waals surface area contributed by atoms with Crippen molar-refractivity contribution in [1.82, 2.24) is 5.32 Å². The molecule has 18 heavy (non-hydrogen) atoms. The lowest BCUT2D eigenvalue weighted by atomic mass is 10.1. The first kappa shape index (κ1) is 14.7. The fourth-order valence-corrected chi connectivity index (χ4v) is 2.30. The molecule has 0 aliphatic heterocycles. The molecule has 4 nitrogen and oxygen atoms in total. The highest BCUT2D eigenvalue weighted by Gasteiger charge is 2.15.